The van der Waals surface area contributed by atoms with E-state index >= 15 is 0 Å². The van der Waals surface area contributed by atoms with Gasteiger partial charge in [0.2, 0.25) is 5.95 Å². The van der Waals surface area contributed by atoms with Gasteiger partial charge in [0, 0.05) is 23.7 Å². The molecule has 1 fully saturated rings. The van der Waals surface area contributed by atoms with Gasteiger partial charge >= 0.3 is 0 Å². The van der Waals surface area contributed by atoms with E-state index < -0.39 is 0 Å². The van der Waals surface area contributed by atoms with Gasteiger partial charge in [0.15, 0.2) is 0 Å². The first-order chi connectivity index (χ1) is 6.84. The second kappa shape index (κ2) is 4.64. The maximum Gasteiger partial charge on any atom is 0.223 e. The molecule has 1 unspecified atom stereocenters. The van der Waals surface area contributed by atoms with Gasteiger partial charge in [-0.1, -0.05) is 0 Å². The molecule has 1 aromatic heterocycles. The van der Waals surface area contributed by atoms with E-state index in [-0.39, 0.29) is 0 Å². The first-order valence-corrected chi connectivity index (χ1v) is 6.14. The van der Waals surface area contributed by atoms with E-state index in [2.05, 4.69) is 15.3 Å². The van der Waals surface area contributed by atoms with Gasteiger partial charge in [-0.3, -0.25) is 0 Å². The summed E-state index contributed by atoms with van der Waals surface area (Å²) in [5.41, 5.74) is 1.02. The summed E-state index contributed by atoms with van der Waals surface area (Å²) in [4.78, 5) is 8.54. The zero-order valence-corrected chi connectivity index (χ0v) is 9.18. The van der Waals surface area contributed by atoms with Crippen LogP contribution >= 0.6 is 11.8 Å². The lowest BCUT2D eigenvalue weighted by Crippen LogP contribution is -2.26. The van der Waals surface area contributed by atoms with Crippen LogP contribution in [0.1, 0.15) is 18.5 Å². The predicted octanol–water partition coefficient (Wildman–Crippen LogP) is 2.09. The molecule has 76 valence electrons. The Hall–Kier alpha value is -0.770. The molecule has 4 heteroatoms. The number of thioether (sulfide) groups is 1. The third-order valence-electron chi connectivity index (χ3n) is 2.29. The highest BCUT2D eigenvalue weighted by Gasteiger charge is 2.13. The summed E-state index contributed by atoms with van der Waals surface area (Å²) in [6, 6.07) is 2.47. The van der Waals surface area contributed by atoms with Crippen molar-refractivity contribution in [3.05, 3.63) is 18.0 Å². The van der Waals surface area contributed by atoms with Crippen LogP contribution in [0.3, 0.4) is 0 Å². The Morgan fingerprint density at radius 3 is 3.21 bits per heavy atom. The van der Waals surface area contributed by atoms with Crippen LogP contribution in [0.25, 0.3) is 0 Å². The Balaban J connectivity index is 1.95. The normalized spacial score (nSPS) is 21.9. The number of rotatable bonds is 2. The van der Waals surface area contributed by atoms with Crippen LogP contribution in [0.4, 0.5) is 5.95 Å². The first kappa shape index (κ1) is 9.77. The van der Waals surface area contributed by atoms with Gasteiger partial charge in [0.05, 0.1) is 0 Å². The lowest BCUT2D eigenvalue weighted by Gasteiger charge is -2.22. The monoisotopic (exact) mass is 209 g/mol. The number of aryl methyl sites for hydroxylation is 1. The molecule has 2 rings (SSSR count). The van der Waals surface area contributed by atoms with E-state index in [4.69, 9.17) is 0 Å². The number of hydrogen-bond donors (Lipinski definition) is 1. The SMILES string of the molecule is Cc1ccnc(NC2CCCSC2)n1. The zero-order valence-electron chi connectivity index (χ0n) is 8.36. The fraction of sp³-hybridized carbons (Fsp3) is 0.600. The molecule has 14 heavy (non-hydrogen) atoms. The Kier molecular flexibility index (Phi) is 3.24. The minimum Gasteiger partial charge on any atom is -0.351 e. The van der Waals surface area contributed by atoms with E-state index in [1.165, 1.54) is 24.3 Å². The lowest BCUT2D eigenvalue weighted by molar-refractivity contribution is 0.678. The van der Waals surface area contributed by atoms with Crippen molar-refractivity contribution in [2.45, 2.75) is 25.8 Å². The standard InChI is InChI=1S/C10H15N3S/c1-8-4-5-11-10(12-8)13-9-3-2-6-14-7-9/h4-5,9H,2-3,6-7H2,1H3,(H,11,12,13). The summed E-state index contributed by atoms with van der Waals surface area (Å²) in [5, 5.41) is 3.38. The Morgan fingerprint density at radius 1 is 1.57 bits per heavy atom. The molecular formula is C10H15N3S. The van der Waals surface area contributed by atoms with Crippen LogP contribution in [-0.4, -0.2) is 27.5 Å². The van der Waals surface area contributed by atoms with Gasteiger partial charge in [0.1, 0.15) is 0 Å². The van der Waals surface area contributed by atoms with Gasteiger partial charge in [-0.05, 0) is 31.6 Å². The van der Waals surface area contributed by atoms with Gasteiger partial charge in [-0.2, -0.15) is 11.8 Å². The van der Waals surface area contributed by atoms with E-state index in [1.54, 1.807) is 6.20 Å². The predicted molar refractivity (Wildman–Crippen MR) is 60.7 cm³/mol. The van der Waals surface area contributed by atoms with Crippen molar-refractivity contribution >= 4 is 17.7 Å². The fourth-order valence-corrected chi connectivity index (χ4v) is 2.63. The smallest absolute Gasteiger partial charge is 0.223 e. The van der Waals surface area contributed by atoms with Crippen molar-refractivity contribution in [3.63, 3.8) is 0 Å². The third-order valence-corrected chi connectivity index (χ3v) is 3.50. The zero-order chi connectivity index (χ0) is 9.80. The molecule has 3 nitrogen and oxygen atoms in total. The highest BCUT2D eigenvalue weighted by Crippen LogP contribution is 2.19. The highest BCUT2D eigenvalue weighted by atomic mass is 32.2. The number of anilines is 1. The molecule has 2 heterocycles. The molecule has 1 aliphatic rings. The molecule has 1 atom stereocenters. The summed E-state index contributed by atoms with van der Waals surface area (Å²) in [5.74, 6) is 3.25. The molecule has 0 bridgehead atoms. The second-order valence-electron chi connectivity index (χ2n) is 3.58. The van der Waals surface area contributed by atoms with Crippen LogP contribution in [-0.2, 0) is 0 Å². The molecule has 1 aliphatic heterocycles. The van der Waals surface area contributed by atoms with Gasteiger partial charge in [-0.15, -0.1) is 0 Å². The van der Waals surface area contributed by atoms with Crippen molar-refractivity contribution in [1.29, 1.82) is 0 Å². The summed E-state index contributed by atoms with van der Waals surface area (Å²) in [6.45, 7) is 1.99. The number of hydrogen-bond acceptors (Lipinski definition) is 4. The highest BCUT2D eigenvalue weighted by molar-refractivity contribution is 7.99. The Morgan fingerprint density at radius 2 is 2.50 bits per heavy atom. The van der Waals surface area contributed by atoms with Crippen molar-refractivity contribution < 1.29 is 0 Å². The van der Waals surface area contributed by atoms with Crippen LogP contribution in [0.15, 0.2) is 12.3 Å². The molecule has 0 saturated carbocycles. The largest absolute Gasteiger partial charge is 0.351 e. The van der Waals surface area contributed by atoms with Gasteiger partial charge in [0.25, 0.3) is 0 Å². The number of nitrogens with one attached hydrogen (secondary N) is 1. The Labute approximate surface area is 88.7 Å². The van der Waals surface area contributed by atoms with Crippen LogP contribution in [0.5, 0.6) is 0 Å². The quantitative estimate of drug-likeness (QED) is 0.809. The van der Waals surface area contributed by atoms with E-state index in [0.717, 1.165) is 11.6 Å². The fourth-order valence-electron chi connectivity index (χ4n) is 1.56. The Bertz CT molecular complexity index is 297. The van der Waals surface area contributed by atoms with Crippen molar-refractivity contribution in [1.82, 2.24) is 9.97 Å². The second-order valence-corrected chi connectivity index (χ2v) is 4.73. The third kappa shape index (κ3) is 2.61. The number of nitrogens with zero attached hydrogens (tertiary/aromatic N) is 2. The summed E-state index contributed by atoms with van der Waals surface area (Å²) in [7, 11) is 0. The summed E-state index contributed by atoms with van der Waals surface area (Å²) >= 11 is 2.01. The maximum absolute atomic E-state index is 4.34. The van der Waals surface area contributed by atoms with Gasteiger partial charge in [-0.25, -0.2) is 9.97 Å². The lowest BCUT2D eigenvalue weighted by atomic mass is 10.2. The van der Waals surface area contributed by atoms with E-state index in [0.29, 0.717) is 6.04 Å². The van der Waals surface area contributed by atoms with Crippen molar-refractivity contribution in [2.24, 2.45) is 0 Å². The average molecular weight is 209 g/mol. The van der Waals surface area contributed by atoms with E-state index in [9.17, 15) is 0 Å². The summed E-state index contributed by atoms with van der Waals surface area (Å²) in [6.07, 6.45) is 4.35. The average Bonchev–Trinajstić information content (AvgIpc) is 2.19. The molecule has 1 saturated heterocycles. The summed E-state index contributed by atoms with van der Waals surface area (Å²) < 4.78 is 0. The molecule has 0 spiro atoms. The first-order valence-electron chi connectivity index (χ1n) is 4.98. The van der Waals surface area contributed by atoms with Crippen LogP contribution in [0.2, 0.25) is 0 Å². The number of aromatic nitrogens is 2. The maximum atomic E-state index is 4.34. The molecule has 0 aliphatic carbocycles. The van der Waals surface area contributed by atoms with Crippen molar-refractivity contribution in [2.75, 3.05) is 16.8 Å². The molecule has 1 aromatic rings. The van der Waals surface area contributed by atoms with Crippen LogP contribution < -0.4 is 5.32 Å². The molecule has 0 aromatic carbocycles. The minimum atomic E-state index is 0.551. The topological polar surface area (TPSA) is 37.8 Å². The van der Waals surface area contributed by atoms with Gasteiger partial charge < -0.3 is 5.32 Å². The molecule has 0 amide bonds. The van der Waals surface area contributed by atoms with Crippen LogP contribution in [0, 0.1) is 6.92 Å². The van der Waals surface area contributed by atoms with E-state index in [1.807, 2.05) is 24.8 Å². The molecule has 1 N–H and O–H groups in total. The molecule has 0 radical (unpaired) electrons. The minimum absolute atomic E-state index is 0.551. The van der Waals surface area contributed by atoms with Crippen molar-refractivity contribution in [3.8, 4) is 0 Å². The molecular weight excluding hydrogens is 194 g/mol.